The molecule has 7 heteroatoms. The van der Waals surface area contributed by atoms with Crippen molar-refractivity contribution in [3.63, 3.8) is 0 Å². The molecular formula is C22H23N5O2. The van der Waals surface area contributed by atoms with Crippen molar-refractivity contribution in [2.24, 2.45) is 0 Å². The van der Waals surface area contributed by atoms with Gasteiger partial charge in [-0.05, 0) is 30.3 Å². The van der Waals surface area contributed by atoms with Crippen molar-refractivity contribution >= 4 is 22.6 Å². The van der Waals surface area contributed by atoms with E-state index >= 15 is 0 Å². The number of ether oxygens (including phenoxy) is 1. The molecule has 0 unspecified atom stereocenters. The highest BCUT2D eigenvalue weighted by Gasteiger charge is 2.12. The van der Waals surface area contributed by atoms with E-state index in [4.69, 9.17) is 4.74 Å². The molecule has 0 aliphatic rings. The highest BCUT2D eigenvalue weighted by Crippen LogP contribution is 2.19. The summed E-state index contributed by atoms with van der Waals surface area (Å²) in [4.78, 5) is 17.3. The molecule has 7 nitrogen and oxygen atoms in total. The Morgan fingerprint density at radius 2 is 2.03 bits per heavy atom. The Bertz CT molecular complexity index is 1100. The summed E-state index contributed by atoms with van der Waals surface area (Å²) in [7, 11) is 0. The lowest BCUT2D eigenvalue weighted by molar-refractivity contribution is -0.116. The number of nitrogens with zero attached hydrogens (tertiary/aromatic N) is 4. The van der Waals surface area contributed by atoms with E-state index in [1.807, 2.05) is 77.0 Å². The third-order valence-electron chi connectivity index (χ3n) is 4.62. The van der Waals surface area contributed by atoms with Crippen molar-refractivity contribution in [2.45, 2.75) is 26.4 Å². The number of fused-ring (bicyclic) bond motifs is 1. The molecule has 0 saturated carbocycles. The SMILES string of the molecule is CCc1nc2ccccc2n1CC(=O)Nc1cccc(OCCn2cccn2)c1. The summed E-state index contributed by atoms with van der Waals surface area (Å²) in [6.07, 6.45) is 4.40. The molecule has 0 saturated heterocycles. The van der Waals surface area contributed by atoms with Gasteiger partial charge in [-0.1, -0.05) is 25.1 Å². The summed E-state index contributed by atoms with van der Waals surface area (Å²) in [5.41, 5.74) is 2.58. The summed E-state index contributed by atoms with van der Waals surface area (Å²) in [6.45, 7) is 3.42. The fraction of sp³-hybridized carbons (Fsp3) is 0.227. The first-order valence-corrected chi connectivity index (χ1v) is 9.67. The predicted octanol–water partition coefficient (Wildman–Crippen LogP) is 3.51. The van der Waals surface area contributed by atoms with Gasteiger partial charge < -0.3 is 14.6 Å². The van der Waals surface area contributed by atoms with E-state index in [2.05, 4.69) is 15.4 Å². The number of carbonyl (C=O) groups is 1. The molecule has 0 radical (unpaired) electrons. The summed E-state index contributed by atoms with van der Waals surface area (Å²) in [6, 6.07) is 17.2. The van der Waals surface area contributed by atoms with Crippen molar-refractivity contribution in [1.29, 1.82) is 0 Å². The van der Waals surface area contributed by atoms with Gasteiger partial charge >= 0.3 is 0 Å². The van der Waals surface area contributed by atoms with E-state index in [1.54, 1.807) is 6.20 Å². The Morgan fingerprint density at radius 1 is 1.14 bits per heavy atom. The Labute approximate surface area is 168 Å². The van der Waals surface area contributed by atoms with Crippen molar-refractivity contribution in [1.82, 2.24) is 19.3 Å². The zero-order chi connectivity index (χ0) is 20.1. The van der Waals surface area contributed by atoms with Crippen LogP contribution < -0.4 is 10.1 Å². The fourth-order valence-electron chi connectivity index (χ4n) is 3.27. The normalized spacial score (nSPS) is 10.9. The number of rotatable bonds is 8. The smallest absolute Gasteiger partial charge is 0.244 e. The van der Waals surface area contributed by atoms with Gasteiger partial charge in [0.2, 0.25) is 5.91 Å². The number of hydrogen-bond acceptors (Lipinski definition) is 4. The number of amides is 1. The maximum absolute atomic E-state index is 12.7. The lowest BCUT2D eigenvalue weighted by atomic mass is 10.3. The van der Waals surface area contributed by atoms with E-state index in [1.165, 1.54) is 0 Å². The Hall–Kier alpha value is -3.61. The average molecular weight is 389 g/mol. The first-order chi connectivity index (χ1) is 14.2. The van der Waals surface area contributed by atoms with E-state index in [0.29, 0.717) is 24.6 Å². The topological polar surface area (TPSA) is 74.0 Å². The van der Waals surface area contributed by atoms with Gasteiger partial charge in [0, 0.05) is 30.6 Å². The quantitative estimate of drug-likeness (QED) is 0.500. The average Bonchev–Trinajstić information content (AvgIpc) is 3.36. The first-order valence-electron chi connectivity index (χ1n) is 9.67. The highest BCUT2D eigenvalue weighted by atomic mass is 16.5. The van der Waals surface area contributed by atoms with Gasteiger partial charge in [-0.25, -0.2) is 4.98 Å². The second-order valence-electron chi connectivity index (χ2n) is 6.65. The fourth-order valence-corrected chi connectivity index (χ4v) is 3.27. The maximum Gasteiger partial charge on any atom is 0.244 e. The van der Waals surface area contributed by atoms with Gasteiger partial charge in [0.25, 0.3) is 0 Å². The van der Waals surface area contributed by atoms with Crippen LogP contribution in [-0.4, -0.2) is 31.8 Å². The van der Waals surface area contributed by atoms with Gasteiger partial charge in [0.1, 0.15) is 24.7 Å². The molecule has 0 aliphatic carbocycles. The maximum atomic E-state index is 12.7. The lowest BCUT2D eigenvalue weighted by Crippen LogP contribution is -2.20. The van der Waals surface area contributed by atoms with Gasteiger partial charge in [0.15, 0.2) is 0 Å². The molecule has 0 fully saturated rings. The summed E-state index contributed by atoms with van der Waals surface area (Å²) in [5, 5.41) is 7.10. The molecule has 2 aromatic carbocycles. The molecule has 148 valence electrons. The van der Waals surface area contributed by atoms with Crippen LogP contribution >= 0.6 is 0 Å². The van der Waals surface area contributed by atoms with Crippen molar-refractivity contribution in [3.05, 3.63) is 72.8 Å². The van der Waals surface area contributed by atoms with Crippen molar-refractivity contribution in [2.75, 3.05) is 11.9 Å². The zero-order valence-corrected chi connectivity index (χ0v) is 16.3. The molecule has 4 rings (SSSR count). The summed E-state index contributed by atoms with van der Waals surface area (Å²) in [5.74, 6) is 1.51. The number of aromatic nitrogens is 4. The van der Waals surface area contributed by atoms with Crippen molar-refractivity contribution in [3.8, 4) is 5.75 Å². The molecule has 0 atom stereocenters. The Balaban J connectivity index is 1.40. The van der Waals surface area contributed by atoms with Gasteiger partial charge in [-0.2, -0.15) is 5.10 Å². The van der Waals surface area contributed by atoms with Crippen LogP contribution in [0.2, 0.25) is 0 Å². The minimum Gasteiger partial charge on any atom is -0.492 e. The van der Waals surface area contributed by atoms with Crippen LogP contribution in [0.5, 0.6) is 5.75 Å². The monoisotopic (exact) mass is 389 g/mol. The number of carbonyl (C=O) groups excluding carboxylic acids is 1. The summed E-state index contributed by atoms with van der Waals surface area (Å²) >= 11 is 0. The van der Waals surface area contributed by atoms with Gasteiger partial charge in [0.05, 0.1) is 17.6 Å². The van der Waals surface area contributed by atoms with E-state index < -0.39 is 0 Å². The number of anilines is 1. The number of imidazole rings is 1. The van der Waals surface area contributed by atoms with Crippen LogP contribution in [0.15, 0.2) is 67.0 Å². The third kappa shape index (κ3) is 4.45. The minimum absolute atomic E-state index is 0.100. The van der Waals surface area contributed by atoms with Crippen LogP contribution in [0.1, 0.15) is 12.7 Å². The van der Waals surface area contributed by atoms with Crippen LogP contribution in [0.3, 0.4) is 0 Å². The number of hydrogen-bond donors (Lipinski definition) is 1. The second kappa shape index (κ2) is 8.60. The largest absolute Gasteiger partial charge is 0.492 e. The van der Waals surface area contributed by atoms with Crippen LogP contribution in [0.25, 0.3) is 11.0 Å². The molecule has 2 heterocycles. The standard InChI is InChI=1S/C22H23N5O2/c1-2-21-25-19-9-3-4-10-20(19)27(21)16-22(28)24-17-7-5-8-18(15-17)29-14-13-26-12-6-11-23-26/h3-12,15H,2,13-14,16H2,1H3,(H,24,28). The molecule has 1 amide bonds. The first kappa shape index (κ1) is 18.7. The number of para-hydroxylation sites is 2. The van der Waals surface area contributed by atoms with Crippen LogP contribution in [0, 0.1) is 0 Å². The van der Waals surface area contributed by atoms with Gasteiger partial charge in [-0.15, -0.1) is 0 Å². The molecule has 29 heavy (non-hydrogen) atoms. The molecule has 4 aromatic rings. The molecule has 0 bridgehead atoms. The van der Waals surface area contributed by atoms with Crippen LogP contribution in [0.4, 0.5) is 5.69 Å². The third-order valence-corrected chi connectivity index (χ3v) is 4.62. The molecule has 1 N–H and O–H groups in total. The molecular weight excluding hydrogens is 366 g/mol. The zero-order valence-electron chi connectivity index (χ0n) is 16.3. The van der Waals surface area contributed by atoms with Gasteiger partial charge in [-0.3, -0.25) is 9.48 Å². The van der Waals surface area contributed by atoms with E-state index in [-0.39, 0.29) is 12.5 Å². The minimum atomic E-state index is -0.100. The second-order valence-corrected chi connectivity index (χ2v) is 6.65. The number of aryl methyl sites for hydroxylation is 1. The molecule has 0 aliphatic heterocycles. The Morgan fingerprint density at radius 3 is 2.86 bits per heavy atom. The van der Waals surface area contributed by atoms with E-state index in [9.17, 15) is 4.79 Å². The predicted molar refractivity (Wildman–Crippen MR) is 112 cm³/mol. The van der Waals surface area contributed by atoms with Crippen molar-refractivity contribution < 1.29 is 9.53 Å². The molecule has 2 aromatic heterocycles. The summed E-state index contributed by atoms with van der Waals surface area (Å²) < 4.78 is 9.55. The van der Waals surface area contributed by atoms with Crippen LogP contribution in [-0.2, 0) is 24.3 Å². The number of benzene rings is 2. The highest BCUT2D eigenvalue weighted by molar-refractivity contribution is 5.92. The van der Waals surface area contributed by atoms with E-state index in [0.717, 1.165) is 23.3 Å². The lowest BCUT2D eigenvalue weighted by Gasteiger charge is -2.11. The number of nitrogens with one attached hydrogen (secondary N) is 1. The molecule has 0 spiro atoms. The Kier molecular flexibility index (Phi) is 5.56.